The number of nitrogens with one attached hydrogen (secondary N) is 2. The summed E-state index contributed by atoms with van der Waals surface area (Å²) in [5.41, 5.74) is 1.92. The van der Waals surface area contributed by atoms with Crippen molar-refractivity contribution in [2.45, 2.75) is 50.7 Å². The first-order valence-corrected chi connectivity index (χ1v) is 10.0. The summed E-state index contributed by atoms with van der Waals surface area (Å²) in [6.07, 6.45) is 6.71. The fourth-order valence-corrected chi connectivity index (χ4v) is 4.21. The van der Waals surface area contributed by atoms with Gasteiger partial charge in [-0.25, -0.2) is 0 Å². The number of halogens is 1. The molecular weight excluding hydrogens is 465 g/mol. The fourth-order valence-electron chi connectivity index (χ4n) is 4.21. The molecule has 1 saturated heterocycles. The van der Waals surface area contributed by atoms with Crippen LogP contribution in [0.25, 0.3) is 11.3 Å². The van der Waals surface area contributed by atoms with E-state index in [-0.39, 0.29) is 24.0 Å². The van der Waals surface area contributed by atoms with Gasteiger partial charge in [-0.2, -0.15) is 0 Å². The second-order valence-corrected chi connectivity index (χ2v) is 7.53. The van der Waals surface area contributed by atoms with E-state index >= 15 is 0 Å². The highest BCUT2D eigenvalue weighted by molar-refractivity contribution is 14.0. The first kappa shape index (κ1) is 21.1. The van der Waals surface area contributed by atoms with E-state index < -0.39 is 0 Å². The molecule has 152 valence electrons. The largest absolute Gasteiger partial charge is 0.359 e. The molecule has 1 aliphatic carbocycles. The summed E-state index contributed by atoms with van der Waals surface area (Å²) in [6.45, 7) is 2.88. The monoisotopic (exact) mass is 495 g/mol. The molecule has 7 heteroatoms. The molecule has 6 nitrogen and oxygen atoms in total. The number of nitrogens with zero attached hydrogens (tertiary/aromatic N) is 3. The molecule has 2 aromatic rings. The predicted octanol–water partition coefficient (Wildman–Crippen LogP) is 3.64. The van der Waals surface area contributed by atoms with Crippen LogP contribution in [0.5, 0.6) is 0 Å². The van der Waals surface area contributed by atoms with Gasteiger partial charge < -0.3 is 15.2 Å². The second kappa shape index (κ2) is 10.2. The molecule has 2 fully saturated rings. The molecule has 1 aromatic heterocycles. The number of likely N-dealkylation sites (tertiary alicyclic amines) is 1. The van der Waals surface area contributed by atoms with Crippen LogP contribution < -0.4 is 10.6 Å². The lowest BCUT2D eigenvalue weighted by Crippen LogP contribution is -2.45. The maximum Gasteiger partial charge on any atom is 0.191 e. The minimum atomic E-state index is 0. The van der Waals surface area contributed by atoms with Crippen LogP contribution >= 0.6 is 24.0 Å². The molecular formula is C21H30IN5O. The molecule has 2 N–H and O–H groups in total. The van der Waals surface area contributed by atoms with Crippen LogP contribution in [0, 0.1) is 0 Å². The van der Waals surface area contributed by atoms with E-state index in [4.69, 9.17) is 4.52 Å². The molecule has 28 heavy (non-hydrogen) atoms. The topological polar surface area (TPSA) is 65.7 Å². The zero-order chi connectivity index (χ0) is 18.5. The molecule has 1 saturated carbocycles. The Kier molecular flexibility index (Phi) is 7.73. The van der Waals surface area contributed by atoms with Gasteiger partial charge in [-0.05, 0) is 19.3 Å². The zero-order valence-electron chi connectivity index (χ0n) is 16.4. The Bertz CT molecular complexity index is 757. The van der Waals surface area contributed by atoms with Gasteiger partial charge in [0.2, 0.25) is 0 Å². The summed E-state index contributed by atoms with van der Waals surface area (Å²) in [6, 6.07) is 13.3. The molecule has 0 radical (unpaired) electrons. The summed E-state index contributed by atoms with van der Waals surface area (Å²) < 4.78 is 5.46. The normalized spacial score (nSPS) is 20.9. The molecule has 0 amide bonds. The first-order chi connectivity index (χ1) is 13.3. The highest BCUT2D eigenvalue weighted by Gasteiger charge is 2.30. The van der Waals surface area contributed by atoms with Crippen molar-refractivity contribution in [1.82, 2.24) is 20.7 Å². The van der Waals surface area contributed by atoms with Crippen LogP contribution in [-0.2, 0) is 6.54 Å². The average molecular weight is 495 g/mol. The molecule has 1 unspecified atom stereocenters. The fraction of sp³-hybridized carbons (Fsp3) is 0.524. The predicted molar refractivity (Wildman–Crippen MR) is 123 cm³/mol. The third-order valence-corrected chi connectivity index (χ3v) is 5.68. The zero-order valence-corrected chi connectivity index (χ0v) is 18.8. The summed E-state index contributed by atoms with van der Waals surface area (Å²) in [4.78, 5) is 7.02. The highest BCUT2D eigenvalue weighted by Crippen LogP contribution is 2.26. The van der Waals surface area contributed by atoms with Gasteiger partial charge in [-0.3, -0.25) is 9.89 Å². The van der Waals surface area contributed by atoms with E-state index in [1.165, 1.54) is 38.6 Å². The van der Waals surface area contributed by atoms with Crippen molar-refractivity contribution in [3.63, 3.8) is 0 Å². The van der Waals surface area contributed by atoms with Gasteiger partial charge in [0.1, 0.15) is 5.69 Å². The van der Waals surface area contributed by atoms with Gasteiger partial charge in [0.05, 0.1) is 6.54 Å². The molecule has 2 heterocycles. The number of benzene rings is 1. The van der Waals surface area contributed by atoms with Crippen LogP contribution in [0.15, 0.2) is 45.9 Å². The van der Waals surface area contributed by atoms with Crippen molar-refractivity contribution in [2.75, 3.05) is 20.1 Å². The van der Waals surface area contributed by atoms with Crippen LogP contribution in [0.2, 0.25) is 0 Å². The SMILES string of the molecule is CN=C(NCc1cc(-c2ccccc2)no1)NC1CCN(C2CCCC2)C1.I. The summed E-state index contributed by atoms with van der Waals surface area (Å²) in [5, 5.41) is 11.1. The van der Waals surface area contributed by atoms with E-state index in [0.29, 0.717) is 12.6 Å². The van der Waals surface area contributed by atoms with Crippen molar-refractivity contribution >= 4 is 29.9 Å². The third kappa shape index (κ3) is 5.26. The van der Waals surface area contributed by atoms with Crippen LogP contribution in [-0.4, -0.2) is 48.2 Å². The van der Waals surface area contributed by atoms with E-state index in [1.54, 1.807) is 0 Å². The third-order valence-electron chi connectivity index (χ3n) is 5.68. The van der Waals surface area contributed by atoms with Crippen molar-refractivity contribution < 1.29 is 4.52 Å². The van der Waals surface area contributed by atoms with Gasteiger partial charge in [-0.15, -0.1) is 24.0 Å². The Labute approximate surface area is 184 Å². The average Bonchev–Trinajstić information content (AvgIpc) is 3.47. The van der Waals surface area contributed by atoms with E-state index in [0.717, 1.165) is 35.6 Å². The Morgan fingerprint density at radius 2 is 2.00 bits per heavy atom. The maximum absolute atomic E-state index is 5.46. The smallest absolute Gasteiger partial charge is 0.191 e. The molecule has 4 rings (SSSR count). The highest BCUT2D eigenvalue weighted by atomic mass is 127. The van der Waals surface area contributed by atoms with Gasteiger partial charge >= 0.3 is 0 Å². The lowest BCUT2D eigenvalue weighted by molar-refractivity contribution is 0.242. The minimum Gasteiger partial charge on any atom is -0.359 e. The number of hydrogen-bond donors (Lipinski definition) is 2. The van der Waals surface area contributed by atoms with E-state index in [1.807, 2.05) is 43.4 Å². The van der Waals surface area contributed by atoms with Gasteiger partial charge in [0.25, 0.3) is 0 Å². The quantitative estimate of drug-likeness (QED) is 0.377. The number of aliphatic imine (C=N–C) groups is 1. The van der Waals surface area contributed by atoms with E-state index in [9.17, 15) is 0 Å². The maximum atomic E-state index is 5.46. The van der Waals surface area contributed by atoms with Crippen molar-refractivity contribution in [3.05, 3.63) is 42.2 Å². The van der Waals surface area contributed by atoms with Crippen LogP contribution in [0.3, 0.4) is 0 Å². The molecule has 2 aliphatic rings. The van der Waals surface area contributed by atoms with Crippen molar-refractivity contribution in [1.29, 1.82) is 0 Å². The summed E-state index contributed by atoms with van der Waals surface area (Å²) in [5.74, 6) is 1.63. The number of hydrogen-bond acceptors (Lipinski definition) is 4. The summed E-state index contributed by atoms with van der Waals surface area (Å²) >= 11 is 0. The Hall–Kier alpha value is -1.61. The van der Waals surface area contributed by atoms with Crippen molar-refractivity contribution in [3.8, 4) is 11.3 Å². The van der Waals surface area contributed by atoms with Crippen LogP contribution in [0.4, 0.5) is 0 Å². The molecule has 0 bridgehead atoms. The van der Waals surface area contributed by atoms with Gasteiger partial charge in [-0.1, -0.05) is 48.3 Å². The number of rotatable bonds is 5. The lowest BCUT2D eigenvalue weighted by Gasteiger charge is -2.24. The Morgan fingerprint density at radius 3 is 2.75 bits per heavy atom. The van der Waals surface area contributed by atoms with Gasteiger partial charge in [0, 0.05) is 43.9 Å². The molecule has 1 aromatic carbocycles. The Balaban J connectivity index is 0.00000225. The standard InChI is InChI=1S/C21H29N5O.HI/c1-22-21(24-17-11-12-26(15-17)18-9-5-6-10-18)23-14-19-13-20(25-27-19)16-7-3-2-4-8-16;/h2-4,7-8,13,17-18H,5-6,9-12,14-15H2,1H3,(H2,22,23,24);1H. The minimum absolute atomic E-state index is 0. The van der Waals surface area contributed by atoms with E-state index in [2.05, 4.69) is 25.7 Å². The lowest BCUT2D eigenvalue weighted by atomic mass is 10.1. The molecule has 1 atom stereocenters. The number of guanidine groups is 1. The molecule has 0 spiro atoms. The number of aromatic nitrogens is 1. The first-order valence-electron chi connectivity index (χ1n) is 10.0. The Morgan fingerprint density at radius 1 is 1.21 bits per heavy atom. The van der Waals surface area contributed by atoms with Crippen LogP contribution in [0.1, 0.15) is 37.9 Å². The summed E-state index contributed by atoms with van der Waals surface area (Å²) in [7, 11) is 1.81. The molecule has 1 aliphatic heterocycles. The van der Waals surface area contributed by atoms with Crippen molar-refractivity contribution in [2.24, 2.45) is 4.99 Å². The van der Waals surface area contributed by atoms with Gasteiger partial charge in [0.15, 0.2) is 11.7 Å². The second-order valence-electron chi connectivity index (χ2n) is 7.53.